The Hall–Kier alpha value is -0.660. The van der Waals surface area contributed by atoms with Crippen molar-refractivity contribution < 1.29 is 0 Å². The van der Waals surface area contributed by atoms with Gasteiger partial charge in [0.25, 0.3) is 0 Å². The summed E-state index contributed by atoms with van der Waals surface area (Å²) >= 11 is 1.79. The van der Waals surface area contributed by atoms with E-state index in [1.165, 1.54) is 0 Å². The zero-order valence-corrected chi connectivity index (χ0v) is 14.1. The summed E-state index contributed by atoms with van der Waals surface area (Å²) in [4.78, 5) is 4.20. The monoisotopic (exact) mass is 294 g/mol. The highest BCUT2D eigenvalue weighted by Gasteiger charge is 2.37. The summed E-state index contributed by atoms with van der Waals surface area (Å²) in [6, 6.07) is 0. The van der Waals surface area contributed by atoms with Crippen molar-refractivity contribution >= 4 is 31.9 Å². The number of rotatable bonds is 2. The average Bonchev–Trinajstić information content (AvgIpc) is 2.82. The topological polar surface area (TPSA) is 49.2 Å². The molecule has 0 aromatic carbocycles. The minimum atomic E-state index is -0.177. The van der Waals surface area contributed by atoms with Gasteiger partial charge in [-0.05, 0) is 33.9 Å². The van der Waals surface area contributed by atoms with Crippen molar-refractivity contribution in [3.63, 3.8) is 0 Å². The van der Waals surface area contributed by atoms with Crippen LogP contribution in [0.15, 0.2) is 6.33 Å². The highest BCUT2D eigenvalue weighted by Crippen LogP contribution is 2.35. The molecule has 0 aliphatic carbocycles. The molecule has 1 aliphatic rings. The molecule has 1 N–H and O–H groups in total. The van der Waals surface area contributed by atoms with Gasteiger partial charge in [-0.15, -0.1) is 0 Å². The van der Waals surface area contributed by atoms with E-state index in [2.05, 4.69) is 65.7 Å². The molecule has 6 nitrogen and oxygen atoms in total. The second-order valence-corrected chi connectivity index (χ2v) is 7.53. The van der Waals surface area contributed by atoms with Gasteiger partial charge in [0.1, 0.15) is 11.2 Å². The largest absolute Gasteiger partial charge is 0.384 e. The molecule has 0 unspecified atom stereocenters. The first-order chi connectivity index (χ1) is 9.36. The van der Waals surface area contributed by atoms with E-state index in [1.807, 2.05) is 4.68 Å². The molecule has 0 bridgehead atoms. The van der Waals surface area contributed by atoms with Crippen LogP contribution in [0.25, 0.3) is 0 Å². The smallest absolute Gasteiger partial charge is 0.329 e. The molecule has 1 aliphatic heterocycles. The van der Waals surface area contributed by atoms with Crippen LogP contribution in [0.1, 0.15) is 27.2 Å². The summed E-state index contributed by atoms with van der Waals surface area (Å²) in [7, 11) is 2.15. The van der Waals surface area contributed by atoms with Gasteiger partial charge in [-0.3, -0.25) is 4.22 Å². The summed E-state index contributed by atoms with van der Waals surface area (Å²) < 4.78 is 6.73. The van der Waals surface area contributed by atoms with Crippen molar-refractivity contribution in [1.29, 1.82) is 0 Å². The lowest BCUT2D eigenvalue weighted by molar-refractivity contribution is 0.475. The number of hydrogen-bond acceptors (Lipinski definition) is 6. The highest BCUT2D eigenvalue weighted by molar-refractivity contribution is 7.98. The van der Waals surface area contributed by atoms with Crippen molar-refractivity contribution in [2.75, 3.05) is 18.8 Å². The van der Waals surface area contributed by atoms with Gasteiger partial charge < -0.3 is 9.95 Å². The first-order valence-electron chi connectivity index (χ1n) is 7.21. The number of anilines is 1. The maximum atomic E-state index is 4.39. The van der Waals surface area contributed by atoms with Crippen LogP contribution < -0.4 is 5.23 Å². The first kappa shape index (κ1) is 15.7. The first-order valence-corrected chi connectivity index (χ1v) is 7.99. The predicted octanol–water partition coefficient (Wildman–Crippen LogP) is 1.92. The van der Waals surface area contributed by atoms with Gasteiger partial charge >= 0.3 is 14.0 Å². The van der Waals surface area contributed by atoms with E-state index in [0.29, 0.717) is 6.98 Å². The Balaban J connectivity index is 2.38. The molecule has 0 saturated carbocycles. The molecule has 9 heteroatoms. The molecule has 1 aromatic heterocycles. The third-order valence-corrected chi connectivity index (χ3v) is 4.96. The van der Waals surface area contributed by atoms with E-state index in [1.54, 1.807) is 18.3 Å². The lowest BCUT2D eigenvalue weighted by Crippen LogP contribution is -2.56. The number of nitrogens with one attached hydrogen (secondary N) is 1. The van der Waals surface area contributed by atoms with Gasteiger partial charge in [-0.25, -0.2) is 9.67 Å². The van der Waals surface area contributed by atoms with Gasteiger partial charge in [0, 0.05) is 0 Å². The second-order valence-electron chi connectivity index (χ2n) is 5.77. The van der Waals surface area contributed by atoms with Crippen LogP contribution in [-0.4, -0.2) is 51.3 Å². The van der Waals surface area contributed by atoms with E-state index >= 15 is 0 Å². The molecule has 2 rings (SSSR count). The Kier molecular flexibility index (Phi) is 4.71. The molecule has 0 amide bonds. The summed E-state index contributed by atoms with van der Waals surface area (Å²) in [5.41, 5.74) is 0. The molecule has 0 atom stereocenters. The number of fused-ring (bicyclic) bond motifs is 1. The number of hydrogen-bond donors (Lipinski definition) is 1. The summed E-state index contributed by atoms with van der Waals surface area (Å²) in [6.07, 6.45) is 2.75. The van der Waals surface area contributed by atoms with Gasteiger partial charge in [-0.2, -0.15) is 5.10 Å². The number of nitrogens with zero attached hydrogens (tertiary/aromatic N) is 5. The van der Waals surface area contributed by atoms with Gasteiger partial charge in [-0.1, -0.05) is 32.5 Å². The second kappa shape index (κ2) is 5.99. The summed E-state index contributed by atoms with van der Waals surface area (Å²) in [5.74, 6) is 0.832. The maximum Gasteiger partial charge on any atom is 0.329 e. The zero-order chi connectivity index (χ0) is 14.9. The minimum Gasteiger partial charge on any atom is -0.384 e. The number of aromatic nitrogens is 3. The third kappa shape index (κ3) is 2.99. The minimum absolute atomic E-state index is 0.177. The third-order valence-electron chi connectivity index (χ3n) is 3.75. The molecule has 0 saturated heterocycles. The van der Waals surface area contributed by atoms with Crippen molar-refractivity contribution in [2.24, 2.45) is 0 Å². The molecule has 0 fully saturated rings. The Labute approximate surface area is 127 Å². The van der Waals surface area contributed by atoms with Crippen molar-refractivity contribution in [3.8, 4) is 0 Å². The van der Waals surface area contributed by atoms with Crippen LogP contribution >= 0.6 is 11.9 Å². The lowest BCUT2D eigenvalue weighted by Gasteiger charge is -2.36. The van der Waals surface area contributed by atoms with Gasteiger partial charge in [0.15, 0.2) is 0 Å². The SMILES string of the molecule is CCCN1B(C)Nc2ncnn2C(C)(C)SN(C)B1C. The Morgan fingerprint density at radius 2 is 2.10 bits per heavy atom. The molecule has 2 heterocycles. The summed E-state index contributed by atoms with van der Waals surface area (Å²) in [6.45, 7) is 12.6. The Morgan fingerprint density at radius 3 is 2.75 bits per heavy atom. The predicted molar refractivity (Wildman–Crippen MR) is 88.6 cm³/mol. The standard InChI is InChI=1S/C11H24B2N6S/c1-7-8-18-12(4)16-10-14-9-15-19(10)11(2,3)20-17(6)13(18)5/h9H,7-8H2,1-6H3,(H,14,15,16). The molecule has 110 valence electrons. The molecule has 20 heavy (non-hydrogen) atoms. The van der Waals surface area contributed by atoms with E-state index < -0.39 is 0 Å². The van der Waals surface area contributed by atoms with Gasteiger partial charge in [0.05, 0.1) is 0 Å². The van der Waals surface area contributed by atoms with Crippen molar-refractivity contribution in [2.45, 2.75) is 45.7 Å². The van der Waals surface area contributed by atoms with E-state index in [9.17, 15) is 0 Å². The fourth-order valence-corrected chi connectivity index (χ4v) is 3.83. The fourth-order valence-electron chi connectivity index (χ4n) is 2.64. The zero-order valence-electron chi connectivity index (χ0n) is 13.3. The van der Waals surface area contributed by atoms with E-state index in [4.69, 9.17) is 0 Å². The average molecular weight is 294 g/mol. The lowest BCUT2D eigenvalue weighted by atomic mass is 9.62. The van der Waals surface area contributed by atoms with Crippen LogP contribution in [0.2, 0.25) is 13.6 Å². The van der Waals surface area contributed by atoms with Crippen LogP contribution in [0, 0.1) is 0 Å². The van der Waals surface area contributed by atoms with Crippen LogP contribution in [-0.2, 0) is 4.87 Å². The molecular formula is C11H24B2N6S. The maximum absolute atomic E-state index is 4.39. The molecule has 0 radical (unpaired) electrons. The summed E-state index contributed by atoms with van der Waals surface area (Å²) in [5, 5.41) is 7.89. The molecule has 1 aromatic rings. The van der Waals surface area contributed by atoms with Crippen molar-refractivity contribution in [1.82, 2.24) is 23.7 Å². The van der Waals surface area contributed by atoms with Gasteiger partial charge in [0.2, 0.25) is 5.95 Å². The van der Waals surface area contributed by atoms with Crippen LogP contribution in [0.5, 0.6) is 0 Å². The van der Waals surface area contributed by atoms with E-state index in [0.717, 1.165) is 18.9 Å². The Morgan fingerprint density at radius 1 is 1.40 bits per heavy atom. The highest BCUT2D eigenvalue weighted by atomic mass is 32.2. The molecule has 0 spiro atoms. The fraction of sp³-hybridized carbons (Fsp3) is 0.818. The Bertz CT molecular complexity index is 454. The van der Waals surface area contributed by atoms with Crippen LogP contribution in [0.4, 0.5) is 5.95 Å². The van der Waals surface area contributed by atoms with E-state index in [-0.39, 0.29) is 11.9 Å². The molecular weight excluding hydrogens is 270 g/mol. The quantitative estimate of drug-likeness (QED) is 0.664. The van der Waals surface area contributed by atoms with Crippen molar-refractivity contribution in [3.05, 3.63) is 6.33 Å². The van der Waals surface area contributed by atoms with Crippen LogP contribution in [0.3, 0.4) is 0 Å². The normalized spacial score (nSPS) is 20.9.